The van der Waals surface area contributed by atoms with Crippen LogP contribution >= 0.6 is 0 Å². The Labute approximate surface area is 104 Å². The van der Waals surface area contributed by atoms with E-state index < -0.39 is 29.0 Å². The van der Waals surface area contributed by atoms with Crippen LogP contribution in [0.4, 0.5) is 34.9 Å². The molecule has 0 radical (unpaired) electrons. The number of nitrogen functional groups attached to an aromatic ring is 1. The summed E-state index contributed by atoms with van der Waals surface area (Å²) in [5, 5.41) is 2.12. The van der Waals surface area contributed by atoms with Gasteiger partial charge in [-0.3, -0.25) is 0 Å². The molecule has 1 heterocycles. The molecule has 0 saturated carbocycles. The number of hydrogen-bond donors (Lipinski definition) is 3. The number of benzene rings is 1. The van der Waals surface area contributed by atoms with Gasteiger partial charge in [0, 0.05) is 12.1 Å². The Kier molecular flexibility index (Phi) is 3.47. The van der Waals surface area contributed by atoms with E-state index in [0.717, 1.165) is 6.33 Å². The Balaban J connectivity index is 2.43. The largest absolute Gasteiger partial charge is 0.335 e. The van der Waals surface area contributed by atoms with Crippen molar-refractivity contribution >= 4 is 17.3 Å². The first kappa shape index (κ1) is 13.0. The summed E-state index contributed by atoms with van der Waals surface area (Å²) in [6.45, 7) is 0. The highest BCUT2D eigenvalue weighted by Gasteiger charge is 2.19. The molecule has 1 aromatic heterocycles. The molecule has 0 atom stereocenters. The number of aromatic nitrogens is 2. The van der Waals surface area contributed by atoms with Crippen molar-refractivity contribution in [3.8, 4) is 0 Å². The number of hydrazine groups is 1. The van der Waals surface area contributed by atoms with Gasteiger partial charge >= 0.3 is 0 Å². The van der Waals surface area contributed by atoms with Crippen LogP contribution in [-0.2, 0) is 0 Å². The highest BCUT2D eigenvalue weighted by molar-refractivity contribution is 5.60. The SMILES string of the molecule is NNc1cc(Nc2c(F)c(F)cc(F)c2F)ncn1. The summed E-state index contributed by atoms with van der Waals surface area (Å²) in [4.78, 5) is 7.28. The van der Waals surface area contributed by atoms with E-state index in [1.54, 1.807) is 0 Å². The lowest BCUT2D eigenvalue weighted by atomic mass is 10.2. The second-order valence-electron chi connectivity index (χ2n) is 3.40. The molecule has 0 aliphatic heterocycles. The number of anilines is 3. The van der Waals surface area contributed by atoms with Gasteiger partial charge in [-0.15, -0.1) is 0 Å². The third-order valence-corrected chi connectivity index (χ3v) is 2.18. The van der Waals surface area contributed by atoms with Gasteiger partial charge in [0.1, 0.15) is 23.7 Å². The van der Waals surface area contributed by atoms with E-state index >= 15 is 0 Å². The van der Waals surface area contributed by atoms with Crippen molar-refractivity contribution in [1.82, 2.24) is 9.97 Å². The molecule has 4 N–H and O–H groups in total. The van der Waals surface area contributed by atoms with E-state index in [1.165, 1.54) is 6.07 Å². The average molecular weight is 273 g/mol. The van der Waals surface area contributed by atoms with Gasteiger partial charge in [0.25, 0.3) is 0 Å². The van der Waals surface area contributed by atoms with Crippen LogP contribution in [0.1, 0.15) is 0 Å². The number of rotatable bonds is 3. The maximum atomic E-state index is 13.4. The number of nitrogens with one attached hydrogen (secondary N) is 2. The van der Waals surface area contributed by atoms with Gasteiger partial charge in [-0.2, -0.15) is 0 Å². The molecule has 0 aliphatic carbocycles. The third kappa shape index (κ3) is 2.55. The monoisotopic (exact) mass is 273 g/mol. The fourth-order valence-corrected chi connectivity index (χ4v) is 1.32. The van der Waals surface area contributed by atoms with Gasteiger partial charge < -0.3 is 10.7 Å². The molecule has 0 spiro atoms. The molecule has 100 valence electrons. The molecule has 5 nitrogen and oxygen atoms in total. The lowest BCUT2D eigenvalue weighted by Gasteiger charge is -2.09. The minimum atomic E-state index is -1.56. The number of nitrogens with zero attached hydrogens (tertiary/aromatic N) is 2. The summed E-state index contributed by atoms with van der Waals surface area (Å²) >= 11 is 0. The highest BCUT2D eigenvalue weighted by atomic mass is 19.2. The summed E-state index contributed by atoms with van der Waals surface area (Å²) in [5.74, 6) is -1.01. The molecule has 0 fully saturated rings. The van der Waals surface area contributed by atoms with Gasteiger partial charge in [0.2, 0.25) is 0 Å². The average Bonchev–Trinajstić information content (AvgIpc) is 2.41. The number of hydrogen-bond acceptors (Lipinski definition) is 5. The fourth-order valence-electron chi connectivity index (χ4n) is 1.32. The van der Waals surface area contributed by atoms with Crippen LogP contribution in [0.15, 0.2) is 18.5 Å². The van der Waals surface area contributed by atoms with Crippen LogP contribution < -0.4 is 16.6 Å². The molecule has 0 bridgehead atoms. The second-order valence-corrected chi connectivity index (χ2v) is 3.40. The molecule has 0 aliphatic rings. The van der Waals surface area contributed by atoms with Crippen LogP contribution in [0.3, 0.4) is 0 Å². The summed E-state index contributed by atoms with van der Waals surface area (Å²) in [5.41, 5.74) is 1.19. The van der Waals surface area contributed by atoms with Crippen molar-refractivity contribution < 1.29 is 17.6 Å². The minimum absolute atomic E-state index is 0.0919. The zero-order valence-corrected chi connectivity index (χ0v) is 9.22. The lowest BCUT2D eigenvalue weighted by Crippen LogP contribution is -2.10. The number of halogens is 4. The molecule has 0 saturated heterocycles. The summed E-state index contributed by atoms with van der Waals surface area (Å²) in [7, 11) is 0. The Morgan fingerprint density at radius 3 is 2.05 bits per heavy atom. The number of nitrogens with two attached hydrogens (primary N) is 1. The van der Waals surface area contributed by atoms with E-state index in [0.29, 0.717) is 0 Å². The molecular weight excluding hydrogens is 266 g/mol. The Bertz CT molecular complexity index is 593. The maximum Gasteiger partial charge on any atom is 0.185 e. The first-order valence-corrected chi connectivity index (χ1v) is 4.91. The lowest BCUT2D eigenvalue weighted by molar-refractivity contribution is 0.459. The Morgan fingerprint density at radius 2 is 1.47 bits per heavy atom. The van der Waals surface area contributed by atoms with Gasteiger partial charge in [-0.05, 0) is 0 Å². The van der Waals surface area contributed by atoms with Crippen molar-refractivity contribution in [3.05, 3.63) is 41.7 Å². The van der Waals surface area contributed by atoms with E-state index in [4.69, 9.17) is 5.84 Å². The van der Waals surface area contributed by atoms with Gasteiger partial charge in [-0.25, -0.2) is 33.4 Å². The predicted octanol–water partition coefficient (Wildman–Crippen LogP) is 2.06. The van der Waals surface area contributed by atoms with Crippen LogP contribution in [0, 0.1) is 23.3 Å². The first-order valence-electron chi connectivity index (χ1n) is 4.91. The van der Waals surface area contributed by atoms with Crippen LogP contribution in [0.5, 0.6) is 0 Å². The van der Waals surface area contributed by atoms with Crippen LogP contribution in [0.25, 0.3) is 0 Å². The molecule has 0 unspecified atom stereocenters. The Hall–Kier alpha value is -2.42. The molecule has 2 rings (SSSR count). The third-order valence-electron chi connectivity index (χ3n) is 2.18. The topological polar surface area (TPSA) is 75.9 Å². The van der Waals surface area contributed by atoms with Crippen molar-refractivity contribution in [2.24, 2.45) is 5.84 Å². The van der Waals surface area contributed by atoms with E-state index in [9.17, 15) is 17.6 Å². The molecule has 1 aromatic carbocycles. The molecule has 2 aromatic rings. The van der Waals surface area contributed by atoms with Gasteiger partial charge in [0.15, 0.2) is 23.3 Å². The smallest absolute Gasteiger partial charge is 0.185 e. The zero-order chi connectivity index (χ0) is 14.0. The molecule has 19 heavy (non-hydrogen) atoms. The predicted molar refractivity (Wildman–Crippen MR) is 59.4 cm³/mol. The fraction of sp³-hybridized carbons (Fsp3) is 0. The maximum absolute atomic E-state index is 13.4. The summed E-state index contributed by atoms with van der Waals surface area (Å²) in [6.07, 6.45) is 1.04. The van der Waals surface area contributed by atoms with Crippen molar-refractivity contribution in [2.45, 2.75) is 0 Å². The summed E-state index contributed by atoms with van der Waals surface area (Å²) in [6, 6.07) is 1.31. The molecular formula is C10H7F4N5. The van der Waals surface area contributed by atoms with Gasteiger partial charge in [0.05, 0.1) is 0 Å². The molecule has 0 amide bonds. The second kappa shape index (κ2) is 5.06. The summed E-state index contributed by atoms with van der Waals surface area (Å²) < 4.78 is 52.7. The molecule has 9 heteroatoms. The van der Waals surface area contributed by atoms with Crippen molar-refractivity contribution in [1.29, 1.82) is 0 Å². The van der Waals surface area contributed by atoms with E-state index in [2.05, 4.69) is 20.7 Å². The van der Waals surface area contributed by atoms with E-state index in [-0.39, 0.29) is 17.7 Å². The normalized spacial score (nSPS) is 10.4. The Morgan fingerprint density at radius 1 is 0.895 bits per heavy atom. The quantitative estimate of drug-likeness (QED) is 0.345. The van der Waals surface area contributed by atoms with Crippen molar-refractivity contribution in [3.63, 3.8) is 0 Å². The standard InChI is InChI=1S/C10H7F4N5/c11-4-1-5(12)9(14)10(8(4)13)18-6-2-7(19-15)17-3-16-6/h1-3H,15H2,(H2,16,17,18,19). The van der Waals surface area contributed by atoms with E-state index in [1.807, 2.05) is 0 Å². The minimum Gasteiger partial charge on any atom is -0.335 e. The van der Waals surface area contributed by atoms with Gasteiger partial charge in [-0.1, -0.05) is 0 Å². The van der Waals surface area contributed by atoms with Crippen LogP contribution in [-0.4, -0.2) is 9.97 Å². The van der Waals surface area contributed by atoms with Crippen molar-refractivity contribution in [2.75, 3.05) is 10.7 Å². The first-order chi connectivity index (χ1) is 9.02. The highest BCUT2D eigenvalue weighted by Crippen LogP contribution is 2.26. The van der Waals surface area contributed by atoms with Crippen LogP contribution in [0.2, 0.25) is 0 Å². The zero-order valence-electron chi connectivity index (χ0n) is 9.22.